The van der Waals surface area contributed by atoms with Crippen LogP contribution in [0.15, 0.2) is 0 Å². The molecule has 0 unspecified atom stereocenters. The maximum atomic E-state index is 12.3. The van der Waals surface area contributed by atoms with Gasteiger partial charge in [0.05, 0.1) is 0 Å². The molecule has 5 heteroatoms. The molecule has 1 rings (SSSR count). The summed E-state index contributed by atoms with van der Waals surface area (Å²) in [6, 6.07) is 0.0172. The first kappa shape index (κ1) is 15.8. The van der Waals surface area contributed by atoms with Crippen molar-refractivity contribution in [2.24, 2.45) is 0 Å². The monoisotopic (exact) mass is 270 g/mol. The highest BCUT2D eigenvalue weighted by Crippen LogP contribution is 2.29. The topological polar surface area (TPSA) is 69.6 Å². The SMILES string of the molecule is CC(C)N(CCCC(=O)O)C(=O)NC1(C)CCCC1. The van der Waals surface area contributed by atoms with Crippen LogP contribution in [0.1, 0.15) is 59.3 Å². The zero-order valence-corrected chi connectivity index (χ0v) is 12.2. The van der Waals surface area contributed by atoms with Crippen LogP contribution in [-0.4, -0.2) is 40.1 Å². The van der Waals surface area contributed by atoms with E-state index >= 15 is 0 Å². The summed E-state index contributed by atoms with van der Waals surface area (Å²) in [6.45, 7) is 6.49. The van der Waals surface area contributed by atoms with Crippen molar-refractivity contribution in [3.63, 3.8) is 0 Å². The number of hydrogen-bond donors (Lipinski definition) is 2. The van der Waals surface area contributed by atoms with E-state index < -0.39 is 5.97 Å². The van der Waals surface area contributed by atoms with Gasteiger partial charge >= 0.3 is 12.0 Å². The molecule has 110 valence electrons. The number of aliphatic carboxylic acids is 1. The van der Waals surface area contributed by atoms with Crippen LogP contribution in [0.4, 0.5) is 4.79 Å². The quantitative estimate of drug-likeness (QED) is 0.779. The van der Waals surface area contributed by atoms with E-state index in [-0.39, 0.29) is 24.0 Å². The molecule has 0 saturated heterocycles. The fraction of sp³-hybridized carbons (Fsp3) is 0.857. The summed E-state index contributed by atoms with van der Waals surface area (Å²) in [7, 11) is 0. The van der Waals surface area contributed by atoms with Crippen molar-refractivity contribution in [3.05, 3.63) is 0 Å². The second-order valence-electron chi connectivity index (χ2n) is 5.98. The number of amides is 2. The third-order valence-corrected chi connectivity index (χ3v) is 3.79. The summed E-state index contributed by atoms with van der Waals surface area (Å²) in [6.07, 6.45) is 4.99. The van der Waals surface area contributed by atoms with Crippen molar-refractivity contribution in [1.82, 2.24) is 10.2 Å². The van der Waals surface area contributed by atoms with Gasteiger partial charge in [-0.25, -0.2) is 4.79 Å². The molecule has 0 spiro atoms. The Kier molecular flexibility index (Phi) is 5.63. The van der Waals surface area contributed by atoms with Crippen molar-refractivity contribution in [3.8, 4) is 0 Å². The molecule has 0 aromatic carbocycles. The third kappa shape index (κ3) is 5.09. The summed E-state index contributed by atoms with van der Waals surface area (Å²) in [5.41, 5.74) is -0.0863. The van der Waals surface area contributed by atoms with E-state index in [1.54, 1.807) is 4.90 Å². The Morgan fingerprint density at radius 1 is 1.32 bits per heavy atom. The van der Waals surface area contributed by atoms with E-state index in [4.69, 9.17) is 5.11 Å². The summed E-state index contributed by atoms with van der Waals surface area (Å²) in [4.78, 5) is 24.5. The first-order valence-electron chi connectivity index (χ1n) is 7.15. The van der Waals surface area contributed by atoms with Gasteiger partial charge in [0.15, 0.2) is 0 Å². The Morgan fingerprint density at radius 3 is 2.37 bits per heavy atom. The molecule has 19 heavy (non-hydrogen) atoms. The number of nitrogens with one attached hydrogen (secondary N) is 1. The van der Waals surface area contributed by atoms with Gasteiger partial charge in [-0.2, -0.15) is 0 Å². The first-order valence-corrected chi connectivity index (χ1v) is 7.15. The number of carboxylic acids is 1. The number of rotatable bonds is 6. The summed E-state index contributed by atoms with van der Waals surface area (Å²) in [5.74, 6) is -0.813. The van der Waals surface area contributed by atoms with Crippen LogP contribution >= 0.6 is 0 Å². The summed E-state index contributed by atoms with van der Waals surface area (Å²) in [5, 5.41) is 11.8. The van der Waals surface area contributed by atoms with Gasteiger partial charge in [-0.1, -0.05) is 12.8 Å². The number of nitrogens with zero attached hydrogens (tertiary/aromatic N) is 1. The molecule has 0 aromatic heterocycles. The van der Waals surface area contributed by atoms with Gasteiger partial charge in [-0.05, 0) is 40.0 Å². The van der Waals surface area contributed by atoms with Gasteiger partial charge in [0, 0.05) is 24.5 Å². The molecule has 5 nitrogen and oxygen atoms in total. The summed E-state index contributed by atoms with van der Waals surface area (Å²) >= 11 is 0. The Labute approximate surface area is 115 Å². The standard InChI is InChI=1S/C14H26N2O3/c1-11(2)16(10-6-7-12(17)18)13(19)15-14(3)8-4-5-9-14/h11H,4-10H2,1-3H3,(H,15,19)(H,17,18). The smallest absolute Gasteiger partial charge is 0.318 e. The van der Waals surface area contributed by atoms with E-state index in [0.717, 1.165) is 25.7 Å². The zero-order valence-electron chi connectivity index (χ0n) is 12.2. The molecule has 2 N–H and O–H groups in total. The van der Waals surface area contributed by atoms with Crippen molar-refractivity contribution in [1.29, 1.82) is 0 Å². The molecule has 0 heterocycles. The van der Waals surface area contributed by atoms with Crippen LogP contribution in [0.5, 0.6) is 0 Å². The minimum Gasteiger partial charge on any atom is -0.481 e. The number of carbonyl (C=O) groups excluding carboxylic acids is 1. The molecule has 0 aromatic rings. The Morgan fingerprint density at radius 2 is 1.89 bits per heavy atom. The lowest BCUT2D eigenvalue weighted by Crippen LogP contribution is -2.52. The molecule has 2 amide bonds. The van der Waals surface area contributed by atoms with Crippen molar-refractivity contribution < 1.29 is 14.7 Å². The molecule has 1 saturated carbocycles. The second kappa shape index (κ2) is 6.78. The van der Waals surface area contributed by atoms with E-state index in [1.165, 1.54) is 0 Å². The molecule has 1 aliphatic rings. The lowest BCUT2D eigenvalue weighted by molar-refractivity contribution is -0.137. The first-order chi connectivity index (χ1) is 8.84. The number of hydrogen-bond acceptors (Lipinski definition) is 2. The fourth-order valence-electron chi connectivity index (χ4n) is 2.61. The van der Waals surface area contributed by atoms with Crippen molar-refractivity contribution in [2.45, 2.75) is 70.9 Å². The van der Waals surface area contributed by atoms with Gasteiger partial charge in [0.1, 0.15) is 0 Å². The highest BCUT2D eigenvalue weighted by atomic mass is 16.4. The minimum atomic E-state index is -0.813. The van der Waals surface area contributed by atoms with Crippen molar-refractivity contribution >= 4 is 12.0 Å². The lowest BCUT2D eigenvalue weighted by Gasteiger charge is -2.33. The fourth-order valence-corrected chi connectivity index (χ4v) is 2.61. The van der Waals surface area contributed by atoms with Gasteiger partial charge < -0.3 is 15.3 Å². The number of carboxylic acid groups (broad SMARTS) is 1. The molecule has 0 aliphatic heterocycles. The van der Waals surface area contributed by atoms with Crippen LogP contribution in [0.2, 0.25) is 0 Å². The highest BCUT2D eigenvalue weighted by Gasteiger charge is 2.32. The molecular weight excluding hydrogens is 244 g/mol. The maximum absolute atomic E-state index is 12.3. The number of urea groups is 1. The third-order valence-electron chi connectivity index (χ3n) is 3.79. The Bertz CT molecular complexity index is 323. The van der Waals surface area contributed by atoms with E-state index in [9.17, 15) is 9.59 Å². The molecule has 1 aliphatic carbocycles. The zero-order chi connectivity index (χ0) is 14.5. The Hall–Kier alpha value is -1.26. The minimum absolute atomic E-state index is 0.0650. The molecule has 1 fully saturated rings. The Balaban J connectivity index is 2.50. The van der Waals surface area contributed by atoms with Crippen LogP contribution in [0, 0.1) is 0 Å². The predicted molar refractivity (Wildman–Crippen MR) is 74.1 cm³/mol. The van der Waals surface area contributed by atoms with Crippen LogP contribution < -0.4 is 5.32 Å². The molecular formula is C14H26N2O3. The summed E-state index contributed by atoms with van der Waals surface area (Å²) < 4.78 is 0. The van der Waals surface area contributed by atoms with Gasteiger partial charge in [0.25, 0.3) is 0 Å². The van der Waals surface area contributed by atoms with E-state index in [2.05, 4.69) is 12.2 Å². The molecule has 0 bridgehead atoms. The van der Waals surface area contributed by atoms with Crippen LogP contribution in [-0.2, 0) is 4.79 Å². The van der Waals surface area contributed by atoms with Gasteiger partial charge in [-0.3, -0.25) is 4.79 Å². The van der Waals surface area contributed by atoms with Crippen LogP contribution in [0.25, 0.3) is 0 Å². The molecule has 0 radical (unpaired) electrons. The largest absolute Gasteiger partial charge is 0.481 e. The number of carbonyl (C=O) groups is 2. The molecule has 0 atom stereocenters. The van der Waals surface area contributed by atoms with Gasteiger partial charge in [0.2, 0.25) is 0 Å². The predicted octanol–water partition coefficient (Wildman–Crippen LogP) is 2.60. The van der Waals surface area contributed by atoms with Crippen LogP contribution in [0.3, 0.4) is 0 Å². The highest BCUT2D eigenvalue weighted by molar-refractivity contribution is 5.75. The van der Waals surface area contributed by atoms with Gasteiger partial charge in [-0.15, -0.1) is 0 Å². The average molecular weight is 270 g/mol. The van der Waals surface area contributed by atoms with E-state index in [0.29, 0.717) is 13.0 Å². The normalized spacial score (nSPS) is 17.5. The second-order valence-corrected chi connectivity index (χ2v) is 5.98. The maximum Gasteiger partial charge on any atom is 0.318 e. The van der Waals surface area contributed by atoms with Crippen molar-refractivity contribution in [2.75, 3.05) is 6.54 Å². The lowest BCUT2D eigenvalue weighted by atomic mass is 10.0. The average Bonchev–Trinajstić information content (AvgIpc) is 2.69. The van der Waals surface area contributed by atoms with E-state index in [1.807, 2.05) is 13.8 Å².